The summed E-state index contributed by atoms with van der Waals surface area (Å²) in [6.45, 7) is 3.63. The zero-order chi connectivity index (χ0) is 17.2. The van der Waals surface area contributed by atoms with Crippen LogP contribution in [-0.4, -0.2) is 52.4 Å². The molecule has 1 unspecified atom stereocenters. The molecule has 2 N–H and O–H groups in total. The molecule has 1 atom stereocenters. The first-order valence-electron chi connectivity index (χ1n) is 7.35. The van der Waals surface area contributed by atoms with Gasteiger partial charge in [0.2, 0.25) is 5.75 Å². The predicted octanol–water partition coefficient (Wildman–Crippen LogP) is 2.13. The van der Waals surface area contributed by atoms with Gasteiger partial charge in [-0.3, -0.25) is 4.99 Å². The summed E-state index contributed by atoms with van der Waals surface area (Å²) in [6.07, 6.45) is 2.10. The maximum absolute atomic E-state index is 5.36. The predicted molar refractivity (Wildman–Crippen MR) is 97.3 cm³/mol. The molecule has 0 heterocycles. The van der Waals surface area contributed by atoms with Crippen LogP contribution >= 0.6 is 11.8 Å². The number of guanidine groups is 1. The second-order valence-electron chi connectivity index (χ2n) is 4.89. The topological polar surface area (TPSA) is 64.1 Å². The van der Waals surface area contributed by atoms with Gasteiger partial charge in [-0.25, -0.2) is 0 Å². The molecule has 1 aromatic carbocycles. The van der Waals surface area contributed by atoms with Gasteiger partial charge in [-0.2, -0.15) is 11.8 Å². The zero-order valence-corrected chi connectivity index (χ0v) is 15.5. The second-order valence-corrected chi connectivity index (χ2v) is 6.16. The molecule has 0 spiro atoms. The van der Waals surface area contributed by atoms with E-state index in [9.17, 15) is 0 Å². The lowest BCUT2D eigenvalue weighted by Gasteiger charge is -2.17. The van der Waals surface area contributed by atoms with E-state index in [1.165, 1.54) is 0 Å². The van der Waals surface area contributed by atoms with Crippen LogP contribution in [0.25, 0.3) is 0 Å². The van der Waals surface area contributed by atoms with E-state index in [0.29, 0.717) is 29.0 Å². The molecule has 0 aliphatic carbocycles. The third kappa shape index (κ3) is 5.74. The summed E-state index contributed by atoms with van der Waals surface area (Å²) < 4.78 is 16.1. The number of nitrogens with zero attached hydrogens (tertiary/aromatic N) is 1. The number of aliphatic imine (C=N–C) groups is 1. The highest BCUT2D eigenvalue weighted by molar-refractivity contribution is 7.99. The summed E-state index contributed by atoms with van der Waals surface area (Å²) in [5.74, 6) is 2.64. The fraction of sp³-hybridized carbons (Fsp3) is 0.562. The smallest absolute Gasteiger partial charge is 0.203 e. The molecule has 0 aliphatic rings. The number of rotatable bonds is 8. The summed E-state index contributed by atoms with van der Waals surface area (Å²) >= 11 is 1.81. The Morgan fingerprint density at radius 3 is 2.17 bits per heavy atom. The van der Waals surface area contributed by atoms with Gasteiger partial charge in [0.25, 0.3) is 0 Å². The fourth-order valence-electron chi connectivity index (χ4n) is 1.97. The average molecular weight is 341 g/mol. The molecule has 1 aromatic rings. The highest BCUT2D eigenvalue weighted by atomic mass is 32.2. The van der Waals surface area contributed by atoms with Crippen molar-refractivity contribution in [2.75, 3.05) is 41.2 Å². The van der Waals surface area contributed by atoms with E-state index in [4.69, 9.17) is 14.2 Å². The molecule has 130 valence electrons. The lowest BCUT2D eigenvalue weighted by molar-refractivity contribution is 0.323. The van der Waals surface area contributed by atoms with Gasteiger partial charge in [0, 0.05) is 25.4 Å². The van der Waals surface area contributed by atoms with Crippen LogP contribution in [0.4, 0.5) is 0 Å². The van der Waals surface area contributed by atoms with E-state index in [2.05, 4.69) is 28.8 Å². The quantitative estimate of drug-likeness (QED) is 0.558. The number of nitrogens with one attached hydrogen (secondary N) is 2. The largest absolute Gasteiger partial charge is 0.493 e. The van der Waals surface area contributed by atoms with E-state index in [-0.39, 0.29) is 0 Å². The fourth-order valence-corrected chi connectivity index (χ4v) is 2.22. The maximum atomic E-state index is 5.36. The van der Waals surface area contributed by atoms with Crippen molar-refractivity contribution in [1.29, 1.82) is 0 Å². The minimum Gasteiger partial charge on any atom is -0.493 e. The van der Waals surface area contributed by atoms with Gasteiger partial charge in [-0.05, 0) is 24.0 Å². The summed E-state index contributed by atoms with van der Waals surface area (Å²) in [6, 6.07) is 3.85. The molecule has 1 rings (SSSR count). The highest BCUT2D eigenvalue weighted by Crippen LogP contribution is 2.38. The third-order valence-electron chi connectivity index (χ3n) is 3.37. The van der Waals surface area contributed by atoms with Crippen molar-refractivity contribution in [1.82, 2.24) is 10.6 Å². The van der Waals surface area contributed by atoms with Gasteiger partial charge in [0.15, 0.2) is 17.5 Å². The molecule has 23 heavy (non-hydrogen) atoms. The van der Waals surface area contributed by atoms with Crippen molar-refractivity contribution in [3.8, 4) is 17.2 Å². The van der Waals surface area contributed by atoms with E-state index in [1.807, 2.05) is 23.9 Å². The molecule has 0 saturated carbocycles. The molecule has 0 amide bonds. The summed E-state index contributed by atoms with van der Waals surface area (Å²) in [5.41, 5.74) is 1.01. The number of hydrogen-bond acceptors (Lipinski definition) is 5. The number of thioether (sulfide) groups is 1. The van der Waals surface area contributed by atoms with Gasteiger partial charge in [0.1, 0.15) is 0 Å². The van der Waals surface area contributed by atoms with Crippen LogP contribution in [0.5, 0.6) is 17.2 Å². The number of benzene rings is 1. The van der Waals surface area contributed by atoms with Crippen molar-refractivity contribution in [3.05, 3.63) is 17.7 Å². The van der Waals surface area contributed by atoms with Crippen LogP contribution in [0.15, 0.2) is 17.1 Å². The average Bonchev–Trinajstić information content (AvgIpc) is 2.60. The minimum atomic E-state index is 0.523. The Kier molecular flexibility index (Phi) is 8.47. The molecule has 0 radical (unpaired) electrons. The van der Waals surface area contributed by atoms with E-state index in [0.717, 1.165) is 18.1 Å². The molecular weight excluding hydrogens is 314 g/mol. The Balaban J connectivity index is 2.76. The van der Waals surface area contributed by atoms with Crippen molar-refractivity contribution < 1.29 is 14.2 Å². The number of hydrogen-bond donors (Lipinski definition) is 2. The van der Waals surface area contributed by atoms with Crippen molar-refractivity contribution >= 4 is 17.7 Å². The normalized spacial score (nSPS) is 12.5. The lowest BCUT2D eigenvalue weighted by Crippen LogP contribution is -2.39. The Bertz CT molecular complexity index is 498. The molecular formula is C16H27N3O3S. The van der Waals surface area contributed by atoms with E-state index < -0.39 is 0 Å². The minimum absolute atomic E-state index is 0.523. The Labute approximate surface area is 143 Å². The number of methoxy groups -OCH3 is 3. The number of ether oxygens (including phenoxy) is 3. The monoisotopic (exact) mass is 341 g/mol. The maximum Gasteiger partial charge on any atom is 0.203 e. The van der Waals surface area contributed by atoms with Gasteiger partial charge in [0.05, 0.1) is 21.3 Å². The zero-order valence-electron chi connectivity index (χ0n) is 14.7. The summed E-state index contributed by atoms with van der Waals surface area (Å²) in [7, 11) is 6.57. The SMILES string of the molecule is CN=C(NCc1cc(OC)c(OC)c(OC)c1)NCC(C)SC. The van der Waals surface area contributed by atoms with Crippen LogP contribution in [0.2, 0.25) is 0 Å². The first kappa shape index (κ1) is 19.3. The van der Waals surface area contributed by atoms with Gasteiger partial charge in [-0.15, -0.1) is 0 Å². The first-order valence-corrected chi connectivity index (χ1v) is 8.64. The first-order chi connectivity index (χ1) is 11.1. The Morgan fingerprint density at radius 1 is 1.13 bits per heavy atom. The molecule has 7 heteroatoms. The van der Waals surface area contributed by atoms with Gasteiger partial charge >= 0.3 is 0 Å². The van der Waals surface area contributed by atoms with Gasteiger partial charge in [-0.1, -0.05) is 6.92 Å². The molecule has 0 saturated heterocycles. The standard InChI is InChI=1S/C16H27N3O3S/c1-11(23-6)9-18-16(17-2)19-10-12-7-13(20-3)15(22-5)14(8-12)21-4/h7-8,11H,9-10H2,1-6H3,(H2,17,18,19). The lowest BCUT2D eigenvalue weighted by atomic mass is 10.2. The van der Waals surface area contributed by atoms with Crippen molar-refractivity contribution in [3.63, 3.8) is 0 Å². The van der Waals surface area contributed by atoms with Crippen molar-refractivity contribution in [2.45, 2.75) is 18.7 Å². The van der Waals surface area contributed by atoms with Crippen LogP contribution in [0.1, 0.15) is 12.5 Å². The molecule has 0 aliphatic heterocycles. The van der Waals surface area contributed by atoms with Crippen molar-refractivity contribution in [2.24, 2.45) is 4.99 Å². The Morgan fingerprint density at radius 2 is 1.74 bits per heavy atom. The highest BCUT2D eigenvalue weighted by Gasteiger charge is 2.13. The van der Waals surface area contributed by atoms with E-state index in [1.54, 1.807) is 28.4 Å². The van der Waals surface area contributed by atoms with Crippen LogP contribution in [0.3, 0.4) is 0 Å². The van der Waals surface area contributed by atoms with E-state index >= 15 is 0 Å². The molecule has 0 bridgehead atoms. The Hall–Kier alpha value is -1.76. The summed E-state index contributed by atoms with van der Waals surface area (Å²) in [5, 5.41) is 7.11. The van der Waals surface area contributed by atoms with Crippen LogP contribution in [0, 0.1) is 0 Å². The van der Waals surface area contributed by atoms with Crippen LogP contribution < -0.4 is 24.8 Å². The molecule has 6 nitrogen and oxygen atoms in total. The van der Waals surface area contributed by atoms with Crippen LogP contribution in [-0.2, 0) is 6.54 Å². The molecule has 0 aromatic heterocycles. The van der Waals surface area contributed by atoms with Gasteiger partial charge < -0.3 is 24.8 Å². The third-order valence-corrected chi connectivity index (χ3v) is 4.34. The summed E-state index contributed by atoms with van der Waals surface area (Å²) in [4.78, 5) is 4.23. The second kappa shape index (κ2) is 10.1. The molecule has 0 fully saturated rings.